The number of alkyl halides is 2. The lowest BCUT2D eigenvalue weighted by atomic mass is 9.87. The lowest BCUT2D eigenvalue weighted by molar-refractivity contribution is 0.0595. The van der Waals surface area contributed by atoms with Crippen LogP contribution in [0.4, 0.5) is 0 Å². The van der Waals surface area contributed by atoms with Gasteiger partial charge in [-0.15, -0.1) is 0 Å². The van der Waals surface area contributed by atoms with Gasteiger partial charge in [-0.1, -0.05) is 31.9 Å². The summed E-state index contributed by atoms with van der Waals surface area (Å²) in [4.78, 5) is 12.5. The number of carbonyl (C=O) groups is 1. The second-order valence-corrected chi connectivity index (χ2v) is 7.34. The minimum atomic E-state index is -0.375. The maximum Gasteiger partial charge on any atom is 0.342 e. The van der Waals surface area contributed by atoms with Gasteiger partial charge in [-0.2, -0.15) is 0 Å². The summed E-state index contributed by atoms with van der Waals surface area (Å²) in [5.41, 5.74) is 2.56. The Morgan fingerprint density at radius 1 is 1.26 bits per heavy atom. The van der Waals surface area contributed by atoms with Crippen LogP contribution >= 0.6 is 47.8 Å². The molecule has 3 nitrogen and oxygen atoms in total. The number of methoxy groups -OCH3 is 2. The molecule has 0 amide bonds. The average Bonchev–Trinajstić information content (AvgIpc) is 2.40. The Hall–Kier alpha value is -0.0700. The fourth-order valence-corrected chi connectivity index (χ4v) is 4.37. The molecule has 104 valence electrons. The maximum atomic E-state index is 12.1. The minimum Gasteiger partial charge on any atom is -0.495 e. The molecular weight excluding hydrogens is 444 g/mol. The van der Waals surface area contributed by atoms with Gasteiger partial charge >= 0.3 is 5.97 Å². The molecular formula is C13H13Br3O3. The van der Waals surface area contributed by atoms with Gasteiger partial charge in [0, 0.05) is 9.65 Å². The van der Waals surface area contributed by atoms with E-state index in [1.54, 1.807) is 7.11 Å². The Morgan fingerprint density at radius 2 is 1.89 bits per heavy atom. The summed E-state index contributed by atoms with van der Waals surface area (Å²) >= 11 is 10.8. The molecule has 0 aliphatic heterocycles. The standard InChI is InChI=1S/C13H13Br3O3/c1-18-12-9(16)5-6-7(14)3-4-8(15)10(6)11(12)13(17)19-2/h5,7-8H,3-4H2,1-2H3. The molecule has 2 rings (SSSR count). The van der Waals surface area contributed by atoms with Gasteiger partial charge < -0.3 is 9.47 Å². The van der Waals surface area contributed by atoms with Crippen LogP contribution in [0.3, 0.4) is 0 Å². The van der Waals surface area contributed by atoms with Crippen LogP contribution in [0.25, 0.3) is 0 Å². The molecule has 0 N–H and O–H groups in total. The van der Waals surface area contributed by atoms with Gasteiger partial charge in [-0.05, 0) is 46.0 Å². The highest BCUT2D eigenvalue weighted by Gasteiger charge is 2.33. The Balaban J connectivity index is 2.76. The fraction of sp³-hybridized carbons (Fsp3) is 0.462. The Morgan fingerprint density at radius 3 is 2.47 bits per heavy atom. The molecule has 1 aliphatic carbocycles. The van der Waals surface area contributed by atoms with Gasteiger partial charge in [0.05, 0.1) is 18.7 Å². The highest BCUT2D eigenvalue weighted by molar-refractivity contribution is 9.10. The van der Waals surface area contributed by atoms with E-state index in [1.807, 2.05) is 6.07 Å². The normalized spacial score (nSPS) is 21.7. The summed E-state index contributed by atoms with van der Waals surface area (Å²) in [6.45, 7) is 0. The van der Waals surface area contributed by atoms with Crippen molar-refractivity contribution in [2.45, 2.75) is 22.5 Å². The van der Waals surface area contributed by atoms with E-state index in [-0.39, 0.29) is 15.6 Å². The molecule has 1 aromatic carbocycles. The first-order chi connectivity index (χ1) is 9.01. The van der Waals surface area contributed by atoms with Crippen molar-refractivity contribution in [2.75, 3.05) is 14.2 Å². The van der Waals surface area contributed by atoms with Crippen molar-refractivity contribution in [3.8, 4) is 5.75 Å². The second-order valence-electron chi connectivity index (χ2n) is 4.27. The molecule has 0 spiro atoms. The van der Waals surface area contributed by atoms with Crippen molar-refractivity contribution in [2.24, 2.45) is 0 Å². The summed E-state index contributed by atoms with van der Waals surface area (Å²) in [6, 6.07) is 2.01. The molecule has 19 heavy (non-hydrogen) atoms. The van der Waals surface area contributed by atoms with E-state index in [4.69, 9.17) is 9.47 Å². The van der Waals surface area contributed by atoms with E-state index in [0.717, 1.165) is 28.4 Å². The van der Waals surface area contributed by atoms with E-state index >= 15 is 0 Å². The van der Waals surface area contributed by atoms with Gasteiger partial charge in [0.1, 0.15) is 11.3 Å². The van der Waals surface area contributed by atoms with Crippen LogP contribution in [-0.2, 0) is 4.74 Å². The predicted molar refractivity (Wildman–Crippen MR) is 84.6 cm³/mol. The third-order valence-electron chi connectivity index (χ3n) is 3.22. The molecule has 0 bridgehead atoms. The van der Waals surface area contributed by atoms with Crippen LogP contribution < -0.4 is 4.74 Å². The zero-order valence-corrected chi connectivity index (χ0v) is 15.3. The predicted octanol–water partition coefficient (Wildman–Crippen LogP) is 4.91. The first-order valence-corrected chi connectivity index (χ1v) is 8.40. The first kappa shape index (κ1) is 15.3. The third-order valence-corrected chi connectivity index (χ3v) is 5.68. The molecule has 0 fully saturated rings. The summed E-state index contributed by atoms with van der Waals surface area (Å²) in [5.74, 6) is 0.150. The minimum absolute atomic E-state index is 0.132. The maximum absolute atomic E-state index is 12.1. The highest BCUT2D eigenvalue weighted by atomic mass is 79.9. The number of rotatable bonds is 2. The van der Waals surface area contributed by atoms with E-state index in [9.17, 15) is 4.79 Å². The smallest absolute Gasteiger partial charge is 0.342 e. The number of hydrogen-bond donors (Lipinski definition) is 0. The van der Waals surface area contributed by atoms with Crippen LogP contribution in [-0.4, -0.2) is 20.2 Å². The molecule has 6 heteroatoms. The van der Waals surface area contributed by atoms with Crippen LogP contribution in [0.1, 0.15) is 44.0 Å². The van der Waals surface area contributed by atoms with Gasteiger partial charge in [-0.3, -0.25) is 0 Å². The van der Waals surface area contributed by atoms with Crippen LogP contribution in [0, 0.1) is 0 Å². The molecule has 0 radical (unpaired) electrons. The fourth-order valence-electron chi connectivity index (χ4n) is 2.36. The topological polar surface area (TPSA) is 35.5 Å². The quantitative estimate of drug-likeness (QED) is 0.468. The van der Waals surface area contributed by atoms with Crippen LogP contribution in [0.15, 0.2) is 10.5 Å². The molecule has 2 atom stereocenters. The number of fused-ring (bicyclic) bond motifs is 1. The number of hydrogen-bond acceptors (Lipinski definition) is 3. The van der Waals surface area contributed by atoms with Crippen LogP contribution in [0.2, 0.25) is 0 Å². The summed E-state index contributed by atoms with van der Waals surface area (Å²) in [5, 5.41) is 0. The van der Waals surface area contributed by atoms with Gasteiger partial charge in [0.25, 0.3) is 0 Å². The molecule has 0 aromatic heterocycles. The van der Waals surface area contributed by atoms with Gasteiger partial charge in [-0.25, -0.2) is 4.79 Å². The number of ether oxygens (including phenoxy) is 2. The van der Waals surface area contributed by atoms with E-state index < -0.39 is 0 Å². The van der Waals surface area contributed by atoms with Crippen LogP contribution in [0.5, 0.6) is 5.75 Å². The number of halogens is 3. The molecule has 2 unspecified atom stereocenters. The molecule has 1 aliphatic rings. The highest BCUT2D eigenvalue weighted by Crippen LogP contribution is 2.50. The van der Waals surface area contributed by atoms with Crippen molar-refractivity contribution < 1.29 is 14.3 Å². The summed E-state index contributed by atoms with van der Waals surface area (Å²) in [6.07, 6.45) is 1.97. The van der Waals surface area contributed by atoms with E-state index in [1.165, 1.54) is 7.11 Å². The summed E-state index contributed by atoms with van der Waals surface area (Å²) in [7, 11) is 2.93. The van der Waals surface area contributed by atoms with E-state index in [2.05, 4.69) is 47.8 Å². The number of benzene rings is 1. The van der Waals surface area contributed by atoms with Gasteiger partial charge in [0.15, 0.2) is 0 Å². The SMILES string of the molecule is COC(=O)c1c(OC)c(Br)cc2c1C(Br)CCC2Br. The molecule has 0 saturated carbocycles. The van der Waals surface area contributed by atoms with Crippen molar-refractivity contribution in [3.05, 3.63) is 27.2 Å². The van der Waals surface area contributed by atoms with Gasteiger partial charge in [0.2, 0.25) is 0 Å². The lowest BCUT2D eigenvalue weighted by Gasteiger charge is -2.28. The lowest BCUT2D eigenvalue weighted by Crippen LogP contribution is -2.16. The number of carbonyl (C=O) groups excluding carboxylic acids is 1. The van der Waals surface area contributed by atoms with E-state index in [0.29, 0.717) is 11.3 Å². The average molecular weight is 457 g/mol. The summed E-state index contributed by atoms with van der Waals surface area (Å²) < 4.78 is 11.0. The van der Waals surface area contributed by atoms with Crippen molar-refractivity contribution in [1.82, 2.24) is 0 Å². The second kappa shape index (κ2) is 6.14. The van der Waals surface area contributed by atoms with Crippen molar-refractivity contribution in [3.63, 3.8) is 0 Å². The van der Waals surface area contributed by atoms with Crippen molar-refractivity contribution in [1.29, 1.82) is 0 Å². The monoisotopic (exact) mass is 454 g/mol. The first-order valence-electron chi connectivity index (χ1n) is 5.78. The molecule has 0 heterocycles. The molecule has 1 aromatic rings. The Kier molecular flexibility index (Phi) is 4.95. The zero-order chi connectivity index (χ0) is 14.2. The largest absolute Gasteiger partial charge is 0.495 e. The number of esters is 1. The Bertz CT molecular complexity index is 516. The zero-order valence-electron chi connectivity index (χ0n) is 10.5. The third kappa shape index (κ3) is 2.72. The Labute approximate surface area is 137 Å². The molecule has 0 saturated heterocycles. The van der Waals surface area contributed by atoms with Crippen molar-refractivity contribution >= 4 is 53.8 Å².